The van der Waals surface area contributed by atoms with Gasteiger partial charge in [-0.2, -0.15) is 0 Å². The van der Waals surface area contributed by atoms with Crippen molar-refractivity contribution in [3.8, 4) is 0 Å². The van der Waals surface area contributed by atoms with Gasteiger partial charge in [0.25, 0.3) is 0 Å². The number of hydrogen-bond acceptors (Lipinski definition) is 7. The molecule has 0 spiro atoms. The zero-order valence-corrected chi connectivity index (χ0v) is 34.5. The predicted molar refractivity (Wildman–Crippen MR) is 215 cm³/mol. The van der Waals surface area contributed by atoms with E-state index in [1.807, 2.05) is 0 Å². The molecule has 304 valence electrons. The zero-order chi connectivity index (χ0) is 37.4. The molecule has 0 rings (SSSR count). The number of rotatable bonds is 42. The number of allylic oxidation sites excluding steroid dienone is 2. The second kappa shape index (κ2) is 40.4. The first-order valence-electron chi connectivity index (χ1n) is 21.7. The molecular weight excluding hydrogens is 661 g/mol. The van der Waals surface area contributed by atoms with Gasteiger partial charge in [0, 0.05) is 19.6 Å². The lowest BCUT2D eigenvalue weighted by atomic mass is 10.0. The Labute approximate surface area is 315 Å². The van der Waals surface area contributed by atoms with E-state index in [0.29, 0.717) is 13.0 Å². The maximum Gasteiger partial charge on any atom is 0.472 e. The molecule has 0 saturated carbocycles. The smallest absolute Gasteiger partial charge is 0.457 e. The molecule has 0 aromatic heterocycles. The highest BCUT2D eigenvalue weighted by molar-refractivity contribution is 7.47. The van der Waals surface area contributed by atoms with Crippen LogP contribution in [0.4, 0.5) is 0 Å². The molecule has 51 heavy (non-hydrogen) atoms. The minimum absolute atomic E-state index is 0.0930. The maximum absolute atomic E-state index is 12.6. The van der Waals surface area contributed by atoms with Gasteiger partial charge in [0.2, 0.25) is 0 Å². The van der Waals surface area contributed by atoms with Crippen molar-refractivity contribution in [1.29, 1.82) is 0 Å². The summed E-state index contributed by atoms with van der Waals surface area (Å²) in [6.45, 7) is 4.96. The van der Waals surface area contributed by atoms with Crippen molar-refractivity contribution in [2.75, 3.05) is 33.0 Å². The molecular formula is C42H84NO7P. The van der Waals surface area contributed by atoms with Crippen LogP contribution in [-0.4, -0.2) is 49.9 Å². The Morgan fingerprint density at radius 3 is 1.43 bits per heavy atom. The molecule has 0 saturated heterocycles. The molecule has 0 radical (unpaired) electrons. The molecule has 0 aliphatic heterocycles. The van der Waals surface area contributed by atoms with Crippen molar-refractivity contribution in [1.82, 2.24) is 0 Å². The second-order valence-corrected chi connectivity index (χ2v) is 16.0. The van der Waals surface area contributed by atoms with E-state index in [0.717, 1.165) is 32.1 Å². The summed E-state index contributed by atoms with van der Waals surface area (Å²) in [4.78, 5) is 22.5. The maximum atomic E-state index is 12.6. The van der Waals surface area contributed by atoms with Crippen LogP contribution in [0.2, 0.25) is 0 Å². The third-order valence-electron chi connectivity index (χ3n) is 9.43. The van der Waals surface area contributed by atoms with Crippen LogP contribution in [0.3, 0.4) is 0 Å². The highest BCUT2D eigenvalue weighted by atomic mass is 31.2. The zero-order valence-electron chi connectivity index (χ0n) is 33.6. The van der Waals surface area contributed by atoms with E-state index in [9.17, 15) is 14.3 Å². The third kappa shape index (κ3) is 40.3. The summed E-state index contributed by atoms with van der Waals surface area (Å²) >= 11 is 0. The summed E-state index contributed by atoms with van der Waals surface area (Å²) in [6.07, 6.45) is 42.2. The van der Waals surface area contributed by atoms with Gasteiger partial charge in [-0.1, -0.05) is 180 Å². The topological polar surface area (TPSA) is 117 Å². The van der Waals surface area contributed by atoms with E-state index in [1.54, 1.807) is 0 Å². The monoisotopic (exact) mass is 746 g/mol. The van der Waals surface area contributed by atoms with Crippen LogP contribution in [0.15, 0.2) is 12.2 Å². The Morgan fingerprint density at radius 2 is 0.980 bits per heavy atom. The van der Waals surface area contributed by atoms with Gasteiger partial charge in [-0.3, -0.25) is 13.8 Å². The molecule has 2 unspecified atom stereocenters. The van der Waals surface area contributed by atoms with E-state index in [2.05, 4.69) is 26.0 Å². The average molecular weight is 746 g/mol. The quantitative estimate of drug-likeness (QED) is 0.0274. The number of carbonyl (C=O) groups is 1. The first kappa shape index (κ1) is 50.2. The van der Waals surface area contributed by atoms with E-state index in [4.69, 9.17) is 24.3 Å². The number of nitrogens with two attached hydrogens (primary N) is 1. The Kier molecular flexibility index (Phi) is 39.8. The van der Waals surface area contributed by atoms with Crippen molar-refractivity contribution in [2.45, 2.75) is 219 Å². The Balaban J connectivity index is 4.00. The fourth-order valence-electron chi connectivity index (χ4n) is 6.23. The van der Waals surface area contributed by atoms with Crippen molar-refractivity contribution < 1.29 is 32.8 Å². The number of unbranched alkanes of at least 4 members (excludes halogenated alkanes) is 27. The van der Waals surface area contributed by atoms with Crippen molar-refractivity contribution in [2.24, 2.45) is 5.73 Å². The lowest BCUT2D eigenvalue weighted by Crippen LogP contribution is -2.28. The minimum atomic E-state index is -4.27. The largest absolute Gasteiger partial charge is 0.472 e. The summed E-state index contributed by atoms with van der Waals surface area (Å²) in [7, 11) is -4.27. The minimum Gasteiger partial charge on any atom is -0.457 e. The fraction of sp³-hybridized carbons (Fsp3) is 0.929. The fourth-order valence-corrected chi connectivity index (χ4v) is 6.99. The molecule has 2 atom stereocenters. The number of hydrogen-bond donors (Lipinski definition) is 2. The average Bonchev–Trinajstić information content (AvgIpc) is 3.12. The van der Waals surface area contributed by atoms with Crippen LogP contribution in [0.5, 0.6) is 0 Å². The molecule has 8 nitrogen and oxygen atoms in total. The molecule has 0 aliphatic rings. The molecule has 0 aromatic rings. The lowest BCUT2D eigenvalue weighted by Gasteiger charge is -2.20. The van der Waals surface area contributed by atoms with E-state index in [1.165, 1.54) is 161 Å². The van der Waals surface area contributed by atoms with E-state index < -0.39 is 13.9 Å². The second-order valence-electron chi connectivity index (χ2n) is 14.6. The predicted octanol–water partition coefficient (Wildman–Crippen LogP) is 12.7. The van der Waals surface area contributed by atoms with Crippen LogP contribution < -0.4 is 5.73 Å². The molecule has 0 aromatic carbocycles. The van der Waals surface area contributed by atoms with Crippen molar-refractivity contribution in [3.05, 3.63) is 12.2 Å². The Hall–Kier alpha value is -0.760. The summed E-state index contributed by atoms with van der Waals surface area (Å²) in [5.41, 5.74) is 5.37. The van der Waals surface area contributed by atoms with Crippen LogP contribution in [0, 0.1) is 0 Å². The van der Waals surface area contributed by atoms with Gasteiger partial charge in [-0.15, -0.1) is 0 Å². The van der Waals surface area contributed by atoms with Crippen LogP contribution in [0.1, 0.15) is 213 Å². The van der Waals surface area contributed by atoms with Gasteiger partial charge in [0.05, 0.1) is 19.8 Å². The Morgan fingerprint density at radius 1 is 0.569 bits per heavy atom. The van der Waals surface area contributed by atoms with Gasteiger partial charge >= 0.3 is 13.8 Å². The van der Waals surface area contributed by atoms with Gasteiger partial charge < -0.3 is 20.1 Å². The van der Waals surface area contributed by atoms with Crippen molar-refractivity contribution >= 4 is 13.8 Å². The Bertz CT molecular complexity index is 797. The molecule has 0 bridgehead atoms. The van der Waals surface area contributed by atoms with Gasteiger partial charge in [-0.05, 0) is 38.5 Å². The summed E-state index contributed by atoms with van der Waals surface area (Å²) in [6, 6.07) is 0. The lowest BCUT2D eigenvalue weighted by molar-refractivity contribution is -0.154. The summed E-state index contributed by atoms with van der Waals surface area (Å²) < 4.78 is 33.4. The highest BCUT2D eigenvalue weighted by Gasteiger charge is 2.25. The number of carbonyl (C=O) groups excluding carboxylic acids is 1. The highest BCUT2D eigenvalue weighted by Crippen LogP contribution is 2.43. The van der Waals surface area contributed by atoms with Crippen LogP contribution in [-0.2, 0) is 27.9 Å². The number of phosphoric ester groups is 1. The van der Waals surface area contributed by atoms with Gasteiger partial charge in [0.1, 0.15) is 6.10 Å². The van der Waals surface area contributed by atoms with E-state index in [-0.39, 0.29) is 32.3 Å². The van der Waals surface area contributed by atoms with E-state index >= 15 is 0 Å². The molecule has 0 aliphatic carbocycles. The molecule has 0 fully saturated rings. The number of ether oxygens (including phenoxy) is 2. The SMILES string of the molecule is CCCCCCCCC/C=C\CCCCCCCCCC(=O)OC(COCCCCCCCCCCCCCCCC)COP(=O)(O)OCCN. The molecule has 0 heterocycles. The molecule has 3 N–H and O–H groups in total. The summed E-state index contributed by atoms with van der Waals surface area (Å²) in [5.74, 6) is -0.331. The normalized spacial score (nSPS) is 13.6. The first-order valence-corrected chi connectivity index (χ1v) is 23.2. The standard InChI is InChI=1S/C42H84NO7P/c1-3-5-7-9-11-13-15-17-19-20-21-22-23-25-27-29-31-33-35-42(44)50-41(40-49-51(45,46)48-38-36-43)39-47-37-34-32-30-28-26-24-18-16-14-12-10-8-6-4-2/h19-20,41H,3-18,21-40,43H2,1-2H3,(H,45,46)/b20-19-. The van der Waals surface area contributed by atoms with Crippen LogP contribution >= 0.6 is 7.82 Å². The summed E-state index contributed by atoms with van der Waals surface area (Å²) in [5, 5.41) is 0. The van der Waals surface area contributed by atoms with Gasteiger partial charge in [-0.25, -0.2) is 4.57 Å². The third-order valence-corrected chi connectivity index (χ3v) is 10.4. The van der Waals surface area contributed by atoms with Crippen molar-refractivity contribution in [3.63, 3.8) is 0 Å². The van der Waals surface area contributed by atoms with Crippen LogP contribution in [0.25, 0.3) is 0 Å². The molecule has 9 heteroatoms. The number of esters is 1. The first-order chi connectivity index (χ1) is 24.9. The molecule has 0 amide bonds. The van der Waals surface area contributed by atoms with Gasteiger partial charge in [0.15, 0.2) is 0 Å². The number of phosphoric acid groups is 1.